The Morgan fingerprint density at radius 2 is 2.50 bits per heavy atom. The van der Waals surface area contributed by atoms with Gasteiger partial charge in [0, 0.05) is 12.7 Å². The fraction of sp³-hybridized carbons (Fsp3) is 0.455. The molecule has 0 aromatic carbocycles. The summed E-state index contributed by atoms with van der Waals surface area (Å²) in [6.07, 6.45) is 0.794. The Hall–Kier alpha value is -1.80. The normalized spacial score (nSPS) is 11.8. The number of carbonyl (C=O) groups is 1. The van der Waals surface area contributed by atoms with E-state index in [1.165, 1.54) is 0 Å². The van der Waals surface area contributed by atoms with Gasteiger partial charge in [-0.25, -0.2) is 0 Å². The lowest BCUT2D eigenvalue weighted by atomic mass is 10.2. The van der Waals surface area contributed by atoms with Crippen molar-refractivity contribution < 1.29 is 14.6 Å². The van der Waals surface area contributed by atoms with E-state index in [1.54, 1.807) is 29.8 Å². The van der Waals surface area contributed by atoms with Crippen molar-refractivity contribution in [3.05, 3.63) is 24.0 Å². The van der Waals surface area contributed by atoms with E-state index in [9.17, 15) is 9.90 Å². The van der Waals surface area contributed by atoms with Gasteiger partial charge in [0.25, 0.3) is 0 Å². The zero-order chi connectivity index (χ0) is 12.0. The van der Waals surface area contributed by atoms with Gasteiger partial charge in [0.2, 0.25) is 0 Å². The number of esters is 1. The van der Waals surface area contributed by atoms with Crippen LogP contribution in [0.4, 0.5) is 0 Å². The van der Waals surface area contributed by atoms with Crippen LogP contribution in [0.2, 0.25) is 0 Å². The smallest absolute Gasteiger partial charge is 0.308 e. The molecule has 16 heavy (non-hydrogen) atoms. The topological polar surface area (TPSA) is 75.2 Å². The molecule has 0 aliphatic heterocycles. The molecule has 5 heteroatoms. The van der Waals surface area contributed by atoms with Crippen LogP contribution in [0.1, 0.15) is 19.0 Å². The van der Waals surface area contributed by atoms with E-state index in [4.69, 9.17) is 10.00 Å². The molecule has 86 valence electrons. The van der Waals surface area contributed by atoms with E-state index in [1.807, 2.05) is 6.07 Å². The summed E-state index contributed by atoms with van der Waals surface area (Å²) in [6.45, 7) is 2.23. The quantitative estimate of drug-likeness (QED) is 0.743. The standard InChI is InChI=1S/C11H14N2O3/c1-2-16-11(15)6-10(14)8-13-5-3-4-9(13)7-12/h3-5,10,14H,2,6,8H2,1H3. The molecule has 0 amide bonds. The van der Waals surface area contributed by atoms with Crippen molar-refractivity contribution >= 4 is 5.97 Å². The van der Waals surface area contributed by atoms with Crippen molar-refractivity contribution in [3.8, 4) is 6.07 Å². The van der Waals surface area contributed by atoms with Gasteiger partial charge >= 0.3 is 5.97 Å². The summed E-state index contributed by atoms with van der Waals surface area (Å²) >= 11 is 0. The van der Waals surface area contributed by atoms with Crippen LogP contribution in [0.15, 0.2) is 18.3 Å². The summed E-state index contributed by atoms with van der Waals surface area (Å²) < 4.78 is 6.32. The number of rotatable bonds is 5. The average Bonchev–Trinajstić information content (AvgIpc) is 2.65. The van der Waals surface area contributed by atoms with E-state index >= 15 is 0 Å². The van der Waals surface area contributed by atoms with Gasteiger partial charge in [-0.05, 0) is 19.1 Å². The largest absolute Gasteiger partial charge is 0.466 e. The zero-order valence-electron chi connectivity index (χ0n) is 9.09. The fourth-order valence-electron chi connectivity index (χ4n) is 1.38. The van der Waals surface area contributed by atoms with Gasteiger partial charge in [0.1, 0.15) is 11.8 Å². The molecule has 0 spiro atoms. The molecule has 0 aliphatic rings. The molecule has 1 heterocycles. The third-order valence-electron chi connectivity index (χ3n) is 2.06. The second-order valence-corrected chi connectivity index (χ2v) is 3.32. The number of hydrogen-bond donors (Lipinski definition) is 1. The zero-order valence-corrected chi connectivity index (χ0v) is 9.09. The average molecular weight is 222 g/mol. The molecule has 1 N–H and O–H groups in total. The number of aromatic nitrogens is 1. The Kier molecular flexibility index (Phi) is 4.55. The van der Waals surface area contributed by atoms with E-state index in [0.717, 1.165) is 0 Å². The van der Waals surface area contributed by atoms with Crippen LogP contribution in [0.25, 0.3) is 0 Å². The van der Waals surface area contributed by atoms with Crippen LogP contribution in [-0.2, 0) is 16.1 Å². The van der Waals surface area contributed by atoms with Crippen molar-refractivity contribution in [2.24, 2.45) is 0 Å². The maximum atomic E-state index is 11.1. The molecule has 0 saturated heterocycles. The number of aliphatic hydroxyl groups excluding tert-OH is 1. The highest BCUT2D eigenvalue weighted by molar-refractivity contribution is 5.69. The second kappa shape index (κ2) is 5.93. The van der Waals surface area contributed by atoms with Crippen LogP contribution >= 0.6 is 0 Å². The summed E-state index contributed by atoms with van der Waals surface area (Å²) in [5.74, 6) is -0.430. The molecule has 0 saturated carbocycles. The Morgan fingerprint density at radius 3 is 3.12 bits per heavy atom. The maximum absolute atomic E-state index is 11.1. The molecule has 0 fully saturated rings. The molecule has 0 bridgehead atoms. The number of nitriles is 1. The summed E-state index contributed by atoms with van der Waals surface area (Å²) in [5, 5.41) is 18.3. The monoisotopic (exact) mass is 222 g/mol. The van der Waals surface area contributed by atoms with Crippen LogP contribution in [0.3, 0.4) is 0 Å². The number of aliphatic hydroxyl groups is 1. The summed E-state index contributed by atoms with van der Waals surface area (Å²) in [7, 11) is 0. The highest BCUT2D eigenvalue weighted by Gasteiger charge is 2.13. The number of carbonyl (C=O) groups excluding carboxylic acids is 1. The minimum atomic E-state index is -0.835. The first-order valence-corrected chi connectivity index (χ1v) is 5.06. The van der Waals surface area contributed by atoms with E-state index in [0.29, 0.717) is 12.3 Å². The van der Waals surface area contributed by atoms with Crippen molar-refractivity contribution in [2.45, 2.75) is 26.0 Å². The van der Waals surface area contributed by atoms with E-state index in [2.05, 4.69) is 0 Å². The summed E-state index contributed by atoms with van der Waals surface area (Å²) in [5.41, 5.74) is 0.461. The van der Waals surface area contributed by atoms with Gasteiger partial charge in [-0.15, -0.1) is 0 Å². The summed E-state index contributed by atoms with van der Waals surface area (Å²) in [4.78, 5) is 11.1. The van der Waals surface area contributed by atoms with Gasteiger partial charge in [-0.2, -0.15) is 5.26 Å². The number of ether oxygens (including phenoxy) is 1. The molecule has 0 radical (unpaired) electrons. The van der Waals surface area contributed by atoms with Crippen molar-refractivity contribution in [1.82, 2.24) is 4.57 Å². The van der Waals surface area contributed by atoms with E-state index < -0.39 is 12.1 Å². The minimum Gasteiger partial charge on any atom is -0.466 e. The number of hydrogen-bond acceptors (Lipinski definition) is 4. The summed E-state index contributed by atoms with van der Waals surface area (Å²) in [6, 6.07) is 5.36. The number of nitrogens with zero attached hydrogens (tertiary/aromatic N) is 2. The third kappa shape index (κ3) is 3.41. The van der Waals surface area contributed by atoms with Gasteiger partial charge in [-0.3, -0.25) is 4.79 Å². The molecule has 1 rings (SSSR count). The molecule has 1 unspecified atom stereocenters. The fourth-order valence-corrected chi connectivity index (χ4v) is 1.38. The Labute approximate surface area is 93.9 Å². The molecule has 1 aromatic heterocycles. The van der Waals surface area contributed by atoms with Gasteiger partial charge in [0.05, 0.1) is 19.1 Å². The molecular formula is C11H14N2O3. The van der Waals surface area contributed by atoms with E-state index in [-0.39, 0.29) is 13.0 Å². The first kappa shape index (κ1) is 12.3. The first-order valence-electron chi connectivity index (χ1n) is 5.06. The van der Waals surface area contributed by atoms with Gasteiger partial charge in [-0.1, -0.05) is 0 Å². The molecule has 1 atom stereocenters. The lowest BCUT2D eigenvalue weighted by Gasteiger charge is -2.11. The maximum Gasteiger partial charge on any atom is 0.308 e. The Morgan fingerprint density at radius 1 is 1.75 bits per heavy atom. The van der Waals surface area contributed by atoms with Crippen molar-refractivity contribution in [3.63, 3.8) is 0 Å². The highest BCUT2D eigenvalue weighted by atomic mass is 16.5. The van der Waals surface area contributed by atoms with Crippen molar-refractivity contribution in [2.75, 3.05) is 6.61 Å². The molecule has 0 aliphatic carbocycles. The lowest BCUT2D eigenvalue weighted by Crippen LogP contribution is -2.21. The van der Waals surface area contributed by atoms with Crippen LogP contribution < -0.4 is 0 Å². The predicted octanol–water partition coefficient (Wildman–Crippen LogP) is 0.674. The molecule has 1 aromatic rings. The molecular weight excluding hydrogens is 208 g/mol. The van der Waals surface area contributed by atoms with Crippen LogP contribution in [0, 0.1) is 11.3 Å². The minimum absolute atomic E-state index is 0.0586. The third-order valence-corrected chi connectivity index (χ3v) is 2.06. The highest BCUT2D eigenvalue weighted by Crippen LogP contribution is 2.04. The predicted molar refractivity (Wildman–Crippen MR) is 56.4 cm³/mol. The SMILES string of the molecule is CCOC(=O)CC(O)Cn1cccc1C#N. The van der Waals surface area contributed by atoms with Crippen LogP contribution in [0.5, 0.6) is 0 Å². The van der Waals surface area contributed by atoms with Crippen molar-refractivity contribution in [1.29, 1.82) is 5.26 Å². The van der Waals surface area contributed by atoms with Gasteiger partial charge < -0.3 is 14.4 Å². The Bertz CT molecular complexity index is 392. The van der Waals surface area contributed by atoms with Crippen LogP contribution in [-0.4, -0.2) is 28.4 Å². The first-order chi connectivity index (χ1) is 7.67. The second-order valence-electron chi connectivity index (χ2n) is 3.32. The van der Waals surface area contributed by atoms with Gasteiger partial charge in [0.15, 0.2) is 0 Å². The lowest BCUT2D eigenvalue weighted by molar-refractivity contribution is -0.145. The Balaban J connectivity index is 2.49. The molecule has 5 nitrogen and oxygen atoms in total.